The molecule has 0 amide bonds. The van der Waals surface area contributed by atoms with Crippen LogP contribution in [0.2, 0.25) is 0 Å². The Morgan fingerprint density at radius 3 is 1.47 bits per heavy atom. The zero-order valence-electron chi connectivity index (χ0n) is 11.1. The van der Waals surface area contributed by atoms with Gasteiger partial charge in [-0.3, -0.25) is 0 Å². The monoisotopic (exact) mass is 283 g/mol. The van der Waals surface area contributed by atoms with Gasteiger partial charge in [0.2, 0.25) is 0 Å². The topological polar surface area (TPSA) is 0 Å². The van der Waals surface area contributed by atoms with E-state index >= 15 is 0 Å². The van der Waals surface area contributed by atoms with Crippen LogP contribution in [-0.2, 0) is 32.7 Å². The summed E-state index contributed by atoms with van der Waals surface area (Å²) in [4.78, 5) is 0. The molecule has 0 saturated carbocycles. The average molecular weight is 283 g/mol. The molecule has 0 unspecified atom stereocenters. The molecule has 0 fully saturated rings. The van der Waals surface area contributed by atoms with Gasteiger partial charge < -0.3 is 7.43 Å². The number of hydrogen-bond acceptors (Lipinski definition) is 0. The maximum atomic E-state index is 2.21. The fourth-order valence-corrected chi connectivity index (χ4v) is 0.888. The summed E-state index contributed by atoms with van der Waals surface area (Å²) in [7, 11) is 0. The van der Waals surface area contributed by atoms with E-state index in [-0.39, 0.29) is 47.6 Å². The molecule has 0 saturated heterocycles. The van der Waals surface area contributed by atoms with E-state index in [4.69, 9.17) is 0 Å². The molecule has 1 radical (unpaired) electrons. The second kappa shape index (κ2) is 19.7. The molecule has 0 N–H and O–H groups in total. The summed E-state index contributed by atoms with van der Waals surface area (Å²) in [6.07, 6.45) is 4.08. The van der Waals surface area contributed by atoms with Crippen molar-refractivity contribution in [1.29, 1.82) is 0 Å². The van der Waals surface area contributed by atoms with Crippen LogP contribution in [0, 0.1) is 21.8 Å². The second-order valence-electron chi connectivity index (χ2n) is 3.01. The van der Waals surface area contributed by atoms with Crippen molar-refractivity contribution in [2.24, 2.45) is 0 Å². The van der Waals surface area contributed by atoms with E-state index in [1.807, 2.05) is 18.2 Å². The van der Waals surface area contributed by atoms with E-state index in [1.165, 1.54) is 24.8 Å². The average Bonchev–Trinajstić information content (AvgIpc) is 2.08. The molecule has 1 aromatic carbocycles. The van der Waals surface area contributed by atoms with Crippen molar-refractivity contribution in [3.05, 3.63) is 50.7 Å². The van der Waals surface area contributed by atoms with Crippen molar-refractivity contribution in [3.8, 4) is 0 Å². The Balaban J connectivity index is -0.0000000701. The first-order valence-electron chi connectivity index (χ1n) is 4.82. The third-order valence-corrected chi connectivity index (χ3v) is 1.65. The van der Waals surface area contributed by atoms with Crippen molar-refractivity contribution < 1.29 is 32.7 Å². The van der Waals surface area contributed by atoms with Gasteiger partial charge in [-0.2, -0.15) is 0 Å². The van der Waals surface area contributed by atoms with Crippen LogP contribution in [0.5, 0.6) is 0 Å². The third-order valence-electron chi connectivity index (χ3n) is 1.65. The van der Waals surface area contributed by atoms with Gasteiger partial charge in [0, 0.05) is 40.1 Å². The maximum Gasteiger partial charge on any atom is 0.0467 e. The minimum absolute atomic E-state index is 0. The van der Waals surface area contributed by atoms with Gasteiger partial charge >= 0.3 is 0 Å². The number of unbranched alkanes of at least 4 members (excludes halogenated alkanes) is 2. The minimum atomic E-state index is 0. The number of hydrogen-bond donors (Lipinski definition) is 0. The molecule has 1 rings (SSSR count). The zero-order chi connectivity index (χ0) is 9.23. The Labute approximate surface area is 123 Å². The van der Waals surface area contributed by atoms with E-state index in [2.05, 4.69) is 32.9 Å². The van der Waals surface area contributed by atoms with Gasteiger partial charge in [-0.05, 0) is 6.92 Å². The predicted molar refractivity (Wildman–Crippen MR) is 69.2 cm³/mol. The van der Waals surface area contributed by atoms with Crippen LogP contribution in [0.4, 0.5) is 0 Å². The van der Waals surface area contributed by atoms with Crippen molar-refractivity contribution >= 4 is 0 Å². The van der Waals surface area contributed by atoms with Crippen molar-refractivity contribution in [2.75, 3.05) is 0 Å². The largest absolute Gasteiger partial charge is 0.358 e. The molecule has 0 heterocycles. The summed E-state index contributed by atoms with van der Waals surface area (Å²) in [6.45, 7) is 6.51. The molecule has 1 aromatic rings. The quantitative estimate of drug-likeness (QED) is 0.663. The molecule has 0 spiro atoms. The van der Waals surface area contributed by atoms with Crippen LogP contribution in [0.15, 0.2) is 30.3 Å². The molecule has 0 aliphatic carbocycles. The molecule has 0 atom stereocenters. The molecule has 1 heteroatoms. The molecule has 0 aromatic heterocycles. The summed E-state index contributed by atoms with van der Waals surface area (Å²) in [5.41, 5.74) is 1.32. The van der Waals surface area contributed by atoms with E-state index in [9.17, 15) is 0 Å². The predicted octanol–water partition coefficient (Wildman–Crippen LogP) is 5.09. The molecular weight excluding hydrogens is 257 g/mol. The van der Waals surface area contributed by atoms with E-state index in [0.29, 0.717) is 0 Å². The van der Waals surface area contributed by atoms with Gasteiger partial charge in [-0.15, -0.1) is 0 Å². The zero-order valence-corrected chi connectivity index (χ0v) is 13.9. The molecule has 0 bridgehead atoms. The van der Waals surface area contributed by atoms with Crippen LogP contribution >= 0.6 is 0 Å². The first-order valence-corrected chi connectivity index (χ1v) is 4.82. The van der Waals surface area contributed by atoms with Crippen molar-refractivity contribution in [3.63, 3.8) is 0 Å². The van der Waals surface area contributed by atoms with E-state index in [0.717, 1.165) is 0 Å². The SMILES string of the molecule is CCCCC.Cc1ccccc1.[CH3+].[CH3-].[Y]. The molecule has 0 aliphatic heterocycles. The number of aryl methyl sites for hydroxylation is 1. The summed E-state index contributed by atoms with van der Waals surface area (Å²) < 4.78 is 0. The van der Waals surface area contributed by atoms with Gasteiger partial charge in [-0.1, -0.05) is 69.0 Å². The third kappa shape index (κ3) is 20.3. The van der Waals surface area contributed by atoms with Gasteiger partial charge in [-0.25, -0.2) is 0 Å². The Hall–Kier alpha value is 0.194. The van der Waals surface area contributed by atoms with Crippen LogP contribution in [-0.4, -0.2) is 0 Å². The fourth-order valence-electron chi connectivity index (χ4n) is 0.888. The number of rotatable bonds is 2. The van der Waals surface area contributed by atoms with Crippen LogP contribution < -0.4 is 0 Å². The van der Waals surface area contributed by atoms with Gasteiger partial charge in [0.1, 0.15) is 0 Å². The maximum absolute atomic E-state index is 2.21. The first-order chi connectivity index (χ1) is 5.81. The second-order valence-corrected chi connectivity index (χ2v) is 3.01. The van der Waals surface area contributed by atoms with Crippen LogP contribution in [0.25, 0.3) is 0 Å². The standard InChI is InChI=1S/C7H8.C5H12.2CH3.Y/c1-7-5-3-2-4-6-7;1-3-5-4-2;;;/h2-6H,1H3;3-5H2,1-2H3;2*1H3;/q;;-1;+1;. The van der Waals surface area contributed by atoms with Gasteiger partial charge in [0.15, 0.2) is 0 Å². The Morgan fingerprint density at radius 1 is 0.933 bits per heavy atom. The van der Waals surface area contributed by atoms with Crippen molar-refractivity contribution in [2.45, 2.75) is 40.0 Å². The Kier molecular flexibility index (Phi) is 32.1. The van der Waals surface area contributed by atoms with Crippen molar-refractivity contribution in [1.82, 2.24) is 0 Å². The van der Waals surface area contributed by atoms with Crippen LogP contribution in [0.1, 0.15) is 38.7 Å². The molecule has 0 aliphatic rings. The van der Waals surface area contributed by atoms with Gasteiger partial charge in [0.25, 0.3) is 0 Å². The molecule has 0 nitrogen and oxygen atoms in total. The molecular formula is C14H26Y. The summed E-state index contributed by atoms with van der Waals surface area (Å²) in [5.74, 6) is 0. The Bertz CT molecular complexity index is 168. The summed E-state index contributed by atoms with van der Waals surface area (Å²) in [5, 5.41) is 0. The number of benzene rings is 1. The summed E-state index contributed by atoms with van der Waals surface area (Å²) in [6, 6.07) is 10.3. The minimum Gasteiger partial charge on any atom is -0.358 e. The normalized spacial score (nSPS) is 6.87. The smallest absolute Gasteiger partial charge is 0.0467 e. The van der Waals surface area contributed by atoms with E-state index in [1.54, 1.807) is 0 Å². The molecule has 85 valence electrons. The summed E-state index contributed by atoms with van der Waals surface area (Å²) >= 11 is 0. The van der Waals surface area contributed by atoms with Gasteiger partial charge in [0.05, 0.1) is 0 Å². The Morgan fingerprint density at radius 2 is 1.33 bits per heavy atom. The van der Waals surface area contributed by atoms with E-state index < -0.39 is 0 Å². The molecule has 15 heavy (non-hydrogen) atoms. The fraction of sp³-hybridized carbons (Fsp3) is 0.429. The van der Waals surface area contributed by atoms with Crippen LogP contribution in [0.3, 0.4) is 0 Å². The first kappa shape index (κ1) is 24.4.